The molecule has 0 aromatic carbocycles. The average molecular weight is 161 g/mol. The smallest absolute Gasteiger partial charge is 0.365 e. The van der Waals surface area contributed by atoms with Crippen LogP contribution in [0, 0.1) is 0 Å². The molecule has 0 aliphatic heterocycles. The largest absolute Gasteiger partial charge is 0.464 e. The van der Waals surface area contributed by atoms with Crippen molar-refractivity contribution >= 4 is 23.2 Å². The van der Waals surface area contributed by atoms with Crippen molar-refractivity contribution in [3.63, 3.8) is 0 Å². The van der Waals surface area contributed by atoms with Gasteiger partial charge in [-0.15, -0.1) is 0 Å². The fourth-order valence-electron chi connectivity index (χ4n) is 0.387. The molecular formula is C6H11NO2S. The lowest BCUT2D eigenvalue weighted by Gasteiger charge is -2.14. The van der Waals surface area contributed by atoms with E-state index in [1.807, 2.05) is 6.92 Å². The Kier molecular flexibility index (Phi) is 3.95. The summed E-state index contributed by atoms with van der Waals surface area (Å²) in [5.41, 5.74) is 0. The van der Waals surface area contributed by atoms with E-state index in [1.165, 1.54) is 7.11 Å². The van der Waals surface area contributed by atoms with Gasteiger partial charge in [-0.25, -0.2) is 4.79 Å². The van der Waals surface area contributed by atoms with Crippen molar-refractivity contribution in [2.24, 2.45) is 0 Å². The summed E-state index contributed by atoms with van der Waals surface area (Å²) >= 11 is 4.75. The van der Waals surface area contributed by atoms with Crippen LogP contribution >= 0.6 is 12.2 Å². The summed E-state index contributed by atoms with van der Waals surface area (Å²) < 4.78 is 4.41. The molecule has 0 aromatic heterocycles. The Labute approximate surface area is 66.0 Å². The summed E-state index contributed by atoms with van der Waals surface area (Å²) in [6, 6.07) is 0. The lowest BCUT2D eigenvalue weighted by Crippen LogP contribution is -2.32. The molecule has 3 nitrogen and oxygen atoms in total. The zero-order valence-electron chi connectivity index (χ0n) is 6.38. The zero-order valence-corrected chi connectivity index (χ0v) is 7.20. The fraction of sp³-hybridized carbons (Fsp3) is 0.667. The summed E-state index contributed by atoms with van der Waals surface area (Å²) in [6.45, 7) is 2.63. The number of carbonyl (C=O) groups is 1. The fourth-order valence-corrected chi connectivity index (χ4v) is 0.599. The molecule has 0 saturated carbocycles. The molecular weight excluding hydrogens is 150 g/mol. The van der Waals surface area contributed by atoms with Crippen LogP contribution in [0.3, 0.4) is 0 Å². The molecule has 4 heteroatoms. The highest BCUT2D eigenvalue weighted by molar-refractivity contribution is 7.81. The normalized spacial score (nSPS) is 8.70. The standard InChI is InChI=1S/C6H11NO2S/c1-4-7(2)5(10)6(8)9-3/h4H2,1-3H3. The van der Waals surface area contributed by atoms with Gasteiger partial charge in [-0.3, -0.25) is 0 Å². The third kappa shape index (κ3) is 2.31. The van der Waals surface area contributed by atoms with Crippen molar-refractivity contribution in [2.45, 2.75) is 6.92 Å². The van der Waals surface area contributed by atoms with Gasteiger partial charge >= 0.3 is 5.97 Å². The van der Waals surface area contributed by atoms with Gasteiger partial charge in [0.15, 0.2) is 4.99 Å². The van der Waals surface area contributed by atoms with E-state index < -0.39 is 5.97 Å². The van der Waals surface area contributed by atoms with Crippen LogP contribution in [-0.2, 0) is 9.53 Å². The van der Waals surface area contributed by atoms with Gasteiger partial charge in [0.1, 0.15) is 0 Å². The molecule has 0 fully saturated rings. The van der Waals surface area contributed by atoms with Crippen LogP contribution in [-0.4, -0.2) is 36.6 Å². The number of thiocarbonyl (C=S) groups is 1. The second-order valence-corrected chi connectivity index (χ2v) is 2.20. The highest BCUT2D eigenvalue weighted by atomic mass is 32.1. The molecule has 0 bridgehead atoms. The molecule has 0 amide bonds. The first kappa shape index (κ1) is 9.36. The molecule has 0 N–H and O–H groups in total. The molecule has 0 radical (unpaired) electrons. The van der Waals surface area contributed by atoms with Crippen molar-refractivity contribution in [3.05, 3.63) is 0 Å². The topological polar surface area (TPSA) is 29.5 Å². The molecule has 0 aliphatic carbocycles. The van der Waals surface area contributed by atoms with E-state index in [-0.39, 0.29) is 4.99 Å². The molecule has 0 unspecified atom stereocenters. The Balaban J connectivity index is 3.95. The van der Waals surface area contributed by atoms with Crippen molar-refractivity contribution in [1.29, 1.82) is 0 Å². The van der Waals surface area contributed by atoms with Crippen molar-refractivity contribution in [1.82, 2.24) is 4.90 Å². The van der Waals surface area contributed by atoms with E-state index >= 15 is 0 Å². The number of methoxy groups -OCH3 is 1. The van der Waals surface area contributed by atoms with Crippen LogP contribution in [0.15, 0.2) is 0 Å². The predicted molar refractivity (Wildman–Crippen MR) is 42.9 cm³/mol. The quantitative estimate of drug-likeness (QED) is 0.412. The van der Waals surface area contributed by atoms with E-state index in [4.69, 9.17) is 12.2 Å². The third-order valence-electron chi connectivity index (χ3n) is 1.18. The number of hydrogen-bond acceptors (Lipinski definition) is 3. The number of ether oxygens (including phenoxy) is 1. The number of rotatable bonds is 1. The van der Waals surface area contributed by atoms with Crippen LogP contribution in [0.2, 0.25) is 0 Å². The third-order valence-corrected chi connectivity index (χ3v) is 1.66. The summed E-state index contributed by atoms with van der Waals surface area (Å²) in [4.78, 5) is 12.6. The summed E-state index contributed by atoms with van der Waals surface area (Å²) in [5.74, 6) is -0.445. The first-order valence-electron chi connectivity index (χ1n) is 2.96. The molecule has 58 valence electrons. The molecule has 0 saturated heterocycles. The molecule has 0 rings (SSSR count). The van der Waals surface area contributed by atoms with Crippen LogP contribution in [0.1, 0.15) is 6.92 Å². The van der Waals surface area contributed by atoms with Crippen LogP contribution in [0.25, 0.3) is 0 Å². The second-order valence-electron chi connectivity index (χ2n) is 1.81. The lowest BCUT2D eigenvalue weighted by atomic mass is 10.5. The van der Waals surface area contributed by atoms with Gasteiger partial charge < -0.3 is 9.64 Å². The number of hydrogen-bond donors (Lipinski definition) is 0. The van der Waals surface area contributed by atoms with E-state index in [2.05, 4.69) is 4.74 Å². The zero-order chi connectivity index (χ0) is 8.15. The van der Waals surface area contributed by atoms with Crippen LogP contribution < -0.4 is 0 Å². The van der Waals surface area contributed by atoms with Gasteiger partial charge in [0.25, 0.3) is 0 Å². The van der Waals surface area contributed by atoms with Gasteiger partial charge in [0.2, 0.25) is 0 Å². The minimum Gasteiger partial charge on any atom is -0.464 e. The Morgan fingerprint density at radius 3 is 2.50 bits per heavy atom. The molecule has 0 atom stereocenters. The monoisotopic (exact) mass is 161 g/mol. The number of esters is 1. The molecule has 0 heterocycles. The highest BCUT2D eigenvalue weighted by Crippen LogP contribution is 1.89. The van der Waals surface area contributed by atoms with Crippen molar-refractivity contribution in [2.75, 3.05) is 20.7 Å². The molecule has 0 aliphatic rings. The van der Waals surface area contributed by atoms with E-state index in [9.17, 15) is 4.79 Å². The number of nitrogens with zero attached hydrogens (tertiary/aromatic N) is 1. The minimum absolute atomic E-state index is 0.227. The summed E-state index contributed by atoms with van der Waals surface area (Å²) in [5, 5.41) is 0. The van der Waals surface area contributed by atoms with Gasteiger partial charge in [-0.1, -0.05) is 12.2 Å². The first-order chi connectivity index (χ1) is 4.63. The Morgan fingerprint density at radius 2 is 2.20 bits per heavy atom. The molecule has 0 spiro atoms. The van der Waals surface area contributed by atoms with Crippen molar-refractivity contribution in [3.8, 4) is 0 Å². The van der Waals surface area contributed by atoms with E-state index in [0.717, 1.165) is 0 Å². The van der Waals surface area contributed by atoms with Gasteiger partial charge in [0.05, 0.1) is 7.11 Å². The molecule has 10 heavy (non-hydrogen) atoms. The Bertz CT molecular complexity index is 147. The van der Waals surface area contributed by atoms with Gasteiger partial charge in [-0.05, 0) is 6.92 Å². The Hall–Kier alpha value is -0.640. The predicted octanol–water partition coefficient (Wildman–Crippen LogP) is 0.438. The lowest BCUT2D eigenvalue weighted by molar-refractivity contribution is -0.133. The minimum atomic E-state index is -0.445. The summed E-state index contributed by atoms with van der Waals surface area (Å²) in [7, 11) is 3.07. The maximum absolute atomic E-state index is 10.7. The second kappa shape index (κ2) is 4.22. The van der Waals surface area contributed by atoms with Crippen molar-refractivity contribution < 1.29 is 9.53 Å². The maximum atomic E-state index is 10.7. The average Bonchev–Trinajstić information content (AvgIpc) is 2.00. The SMILES string of the molecule is CCN(C)C(=S)C(=O)OC. The summed E-state index contributed by atoms with van der Waals surface area (Å²) in [6.07, 6.45) is 0. The van der Waals surface area contributed by atoms with E-state index in [0.29, 0.717) is 6.54 Å². The molecule has 0 aromatic rings. The maximum Gasteiger partial charge on any atom is 0.365 e. The number of carbonyl (C=O) groups excluding carboxylic acids is 1. The van der Waals surface area contributed by atoms with Crippen LogP contribution in [0.5, 0.6) is 0 Å². The van der Waals surface area contributed by atoms with E-state index in [1.54, 1.807) is 11.9 Å². The first-order valence-corrected chi connectivity index (χ1v) is 3.37. The highest BCUT2D eigenvalue weighted by Gasteiger charge is 2.11. The Morgan fingerprint density at radius 1 is 1.70 bits per heavy atom. The van der Waals surface area contributed by atoms with Gasteiger partial charge in [0, 0.05) is 13.6 Å². The van der Waals surface area contributed by atoms with Crippen LogP contribution in [0.4, 0.5) is 0 Å². The number of likely N-dealkylation sites (N-methyl/N-ethyl adjacent to an activating group) is 1. The van der Waals surface area contributed by atoms with Gasteiger partial charge in [-0.2, -0.15) is 0 Å².